The van der Waals surface area contributed by atoms with Crippen molar-refractivity contribution in [3.63, 3.8) is 0 Å². The fourth-order valence-corrected chi connectivity index (χ4v) is 3.45. The summed E-state index contributed by atoms with van der Waals surface area (Å²) in [5.41, 5.74) is 0.133. The Balaban J connectivity index is 1.83. The molecule has 0 aromatic carbocycles. The van der Waals surface area contributed by atoms with Crippen molar-refractivity contribution in [2.24, 2.45) is 0 Å². The fourth-order valence-electron chi connectivity index (χ4n) is 3.27. The van der Waals surface area contributed by atoms with Gasteiger partial charge in [0.05, 0.1) is 11.6 Å². The van der Waals surface area contributed by atoms with Crippen LogP contribution in [0.4, 0.5) is 0 Å². The molecule has 2 heterocycles. The molecule has 1 aromatic heterocycles. The zero-order valence-corrected chi connectivity index (χ0v) is 12.5. The molecule has 0 atom stereocenters. The van der Waals surface area contributed by atoms with Crippen molar-refractivity contribution in [1.82, 2.24) is 15.2 Å². The Hall–Kier alpha value is -1.62. The summed E-state index contributed by atoms with van der Waals surface area (Å²) in [7, 11) is 0. The molecule has 1 saturated carbocycles. The van der Waals surface area contributed by atoms with Gasteiger partial charge in [0.2, 0.25) is 11.8 Å². The van der Waals surface area contributed by atoms with Gasteiger partial charge < -0.3 is 10.2 Å². The maximum absolute atomic E-state index is 12.8. The van der Waals surface area contributed by atoms with Gasteiger partial charge in [-0.05, 0) is 24.5 Å². The number of amides is 2. The summed E-state index contributed by atoms with van der Waals surface area (Å²) in [4.78, 5) is 30.4. The zero-order valence-electron chi connectivity index (χ0n) is 11.8. The number of aromatic nitrogens is 1. The molecule has 1 aromatic rings. The number of halogens is 1. The number of rotatable bonds is 2. The number of hydrogen-bond acceptors (Lipinski definition) is 3. The third kappa shape index (κ3) is 2.75. The molecular formula is C15H18ClN3O2. The van der Waals surface area contributed by atoms with Crippen LogP contribution >= 0.6 is 11.6 Å². The lowest BCUT2D eigenvalue weighted by Crippen LogP contribution is -2.66. The standard InChI is InChI=1S/C15H18ClN3O2/c16-12-8-17-7-4-11(12)9-19-10-13(20)18-15(14(19)21)5-2-1-3-6-15/h4,7-8H,1-3,5-6,9-10H2,(H,18,20). The minimum absolute atomic E-state index is 0.0229. The van der Waals surface area contributed by atoms with Crippen LogP contribution in [0.15, 0.2) is 18.5 Å². The van der Waals surface area contributed by atoms with Crippen LogP contribution in [0.5, 0.6) is 0 Å². The van der Waals surface area contributed by atoms with Gasteiger partial charge in [-0.15, -0.1) is 0 Å². The predicted molar refractivity (Wildman–Crippen MR) is 78.6 cm³/mol. The molecule has 1 aliphatic carbocycles. The molecule has 2 aliphatic rings. The first-order valence-corrected chi connectivity index (χ1v) is 7.67. The van der Waals surface area contributed by atoms with Crippen molar-refractivity contribution in [3.05, 3.63) is 29.0 Å². The predicted octanol–water partition coefficient (Wildman–Crippen LogP) is 1.90. The SMILES string of the molecule is O=C1CN(Cc2ccncc2Cl)C(=O)C2(CCCCC2)N1. The highest BCUT2D eigenvalue weighted by atomic mass is 35.5. The first-order valence-electron chi connectivity index (χ1n) is 7.29. The number of carbonyl (C=O) groups excluding carboxylic acids is 2. The third-order valence-electron chi connectivity index (χ3n) is 4.33. The van der Waals surface area contributed by atoms with Crippen molar-refractivity contribution in [2.45, 2.75) is 44.2 Å². The van der Waals surface area contributed by atoms with Crippen molar-refractivity contribution in [1.29, 1.82) is 0 Å². The van der Waals surface area contributed by atoms with E-state index in [1.54, 1.807) is 23.4 Å². The Kier molecular flexibility index (Phi) is 3.85. The third-order valence-corrected chi connectivity index (χ3v) is 4.67. The first kappa shape index (κ1) is 14.3. The minimum atomic E-state index is -0.687. The lowest BCUT2D eigenvalue weighted by atomic mass is 9.79. The van der Waals surface area contributed by atoms with Gasteiger partial charge in [-0.3, -0.25) is 14.6 Å². The van der Waals surface area contributed by atoms with E-state index >= 15 is 0 Å². The van der Waals surface area contributed by atoms with Crippen LogP contribution in [0, 0.1) is 0 Å². The number of piperazine rings is 1. The first-order chi connectivity index (χ1) is 10.1. The molecule has 1 saturated heterocycles. The van der Waals surface area contributed by atoms with Crippen molar-refractivity contribution >= 4 is 23.4 Å². The van der Waals surface area contributed by atoms with Gasteiger partial charge in [-0.2, -0.15) is 0 Å². The van der Waals surface area contributed by atoms with Crippen LogP contribution in [0.1, 0.15) is 37.7 Å². The van der Waals surface area contributed by atoms with E-state index in [1.165, 1.54) is 0 Å². The van der Waals surface area contributed by atoms with Crippen molar-refractivity contribution < 1.29 is 9.59 Å². The molecule has 0 radical (unpaired) electrons. The van der Waals surface area contributed by atoms with Crippen LogP contribution in [0.3, 0.4) is 0 Å². The van der Waals surface area contributed by atoms with E-state index in [1.807, 2.05) is 0 Å². The molecular weight excluding hydrogens is 290 g/mol. The van der Waals surface area contributed by atoms with Gasteiger partial charge in [0.1, 0.15) is 5.54 Å². The second-order valence-corrected chi connectivity index (χ2v) is 6.23. The highest BCUT2D eigenvalue weighted by Crippen LogP contribution is 2.32. The highest BCUT2D eigenvalue weighted by Gasteiger charge is 2.46. The van der Waals surface area contributed by atoms with E-state index in [-0.39, 0.29) is 18.4 Å². The molecule has 6 heteroatoms. The number of pyridine rings is 1. The number of nitrogens with zero attached hydrogens (tertiary/aromatic N) is 2. The van der Waals surface area contributed by atoms with Crippen LogP contribution in [-0.2, 0) is 16.1 Å². The zero-order chi connectivity index (χ0) is 14.9. The van der Waals surface area contributed by atoms with Gasteiger partial charge in [-0.1, -0.05) is 30.9 Å². The van der Waals surface area contributed by atoms with Gasteiger partial charge in [-0.25, -0.2) is 0 Å². The second kappa shape index (κ2) is 5.64. The molecule has 1 aliphatic heterocycles. The molecule has 3 rings (SSSR count). The molecule has 0 bridgehead atoms. The van der Waals surface area contributed by atoms with Gasteiger partial charge >= 0.3 is 0 Å². The van der Waals surface area contributed by atoms with E-state index in [0.29, 0.717) is 11.6 Å². The van der Waals surface area contributed by atoms with Crippen LogP contribution in [-0.4, -0.2) is 33.8 Å². The second-order valence-electron chi connectivity index (χ2n) is 5.82. The summed E-state index contributed by atoms with van der Waals surface area (Å²) >= 11 is 6.10. The number of carbonyl (C=O) groups is 2. The maximum Gasteiger partial charge on any atom is 0.249 e. The van der Waals surface area contributed by atoms with E-state index in [0.717, 1.165) is 37.7 Å². The summed E-state index contributed by atoms with van der Waals surface area (Å²) in [6, 6.07) is 1.79. The van der Waals surface area contributed by atoms with Gasteiger partial charge in [0, 0.05) is 18.9 Å². The summed E-state index contributed by atoms with van der Waals surface area (Å²) in [6.45, 7) is 0.453. The van der Waals surface area contributed by atoms with Gasteiger partial charge in [0.25, 0.3) is 0 Å². The smallest absolute Gasteiger partial charge is 0.249 e. The van der Waals surface area contributed by atoms with E-state index < -0.39 is 5.54 Å². The lowest BCUT2D eigenvalue weighted by Gasteiger charge is -2.44. The van der Waals surface area contributed by atoms with Crippen LogP contribution in [0.2, 0.25) is 5.02 Å². The van der Waals surface area contributed by atoms with E-state index in [9.17, 15) is 9.59 Å². The number of nitrogens with one attached hydrogen (secondary N) is 1. The lowest BCUT2D eigenvalue weighted by molar-refractivity contribution is -0.152. The maximum atomic E-state index is 12.8. The molecule has 0 unspecified atom stereocenters. The Labute approximate surface area is 128 Å². The average Bonchev–Trinajstić information content (AvgIpc) is 2.47. The average molecular weight is 308 g/mol. The van der Waals surface area contributed by atoms with Crippen LogP contribution in [0.25, 0.3) is 0 Å². The van der Waals surface area contributed by atoms with E-state index in [4.69, 9.17) is 11.6 Å². The van der Waals surface area contributed by atoms with Crippen molar-refractivity contribution in [3.8, 4) is 0 Å². The molecule has 1 spiro atoms. The molecule has 2 amide bonds. The summed E-state index contributed by atoms with van der Waals surface area (Å²) in [5.74, 6) is -0.0589. The Bertz CT molecular complexity index is 570. The summed E-state index contributed by atoms with van der Waals surface area (Å²) in [6.07, 6.45) is 7.76. The highest BCUT2D eigenvalue weighted by molar-refractivity contribution is 6.31. The summed E-state index contributed by atoms with van der Waals surface area (Å²) in [5, 5.41) is 3.46. The van der Waals surface area contributed by atoms with Crippen LogP contribution < -0.4 is 5.32 Å². The molecule has 21 heavy (non-hydrogen) atoms. The Morgan fingerprint density at radius 1 is 1.29 bits per heavy atom. The number of hydrogen-bond donors (Lipinski definition) is 1. The van der Waals surface area contributed by atoms with Crippen molar-refractivity contribution in [2.75, 3.05) is 6.54 Å². The van der Waals surface area contributed by atoms with E-state index in [2.05, 4.69) is 10.3 Å². The summed E-state index contributed by atoms with van der Waals surface area (Å²) < 4.78 is 0. The molecule has 1 N–H and O–H groups in total. The largest absolute Gasteiger partial charge is 0.340 e. The normalized spacial score (nSPS) is 21.5. The minimum Gasteiger partial charge on any atom is -0.340 e. The monoisotopic (exact) mass is 307 g/mol. The molecule has 2 fully saturated rings. The van der Waals surface area contributed by atoms with Gasteiger partial charge in [0.15, 0.2) is 0 Å². The topological polar surface area (TPSA) is 62.3 Å². The quantitative estimate of drug-likeness (QED) is 0.907. The Morgan fingerprint density at radius 2 is 2.05 bits per heavy atom. The molecule has 112 valence electrons. The Morgan fingerprint density at radius 3 is 2.76 bits per heavy atom. The fraction of sp³-hybridized carbons (Fsp3) is 0.533. The molecule has 5 nitrogen and oxygen atoms in total.